The highest BCUT2D eigenvalue weighted by molar-refractivity contribution is 6.06. The van der Waals surface area contributed by atoms with E-state index in [9.17, 15) is 14.0 Å². The molecule has 0 radical (unpaired) electrons. The number of hydrogen-bond acceptors (Lipinski definition) is 5. The maximum Gasteiger partial charge on any atom is 0.163 e. The molecule has 2 aromatic carbocycles. The molecule has 2 aliphatic carbocycles. The first-order valence-electron chi connectivity index (χ1n) is 13.3. The standard InChI is InChI=1S/C32H35FO5/c1-6-36-25-13-20(9-12-24(25)37-18-19-7-10-21(33)11-8-19)28-29-22(34)14-31(2,3)16-26(29)38-27-17-32(4,5)15-23(35)30(27)28/h7-13,28H,6,14-18H2,1-5H3. The summed E-state index contributed by atoms with van der Waals surface area (Å²) in [7, 11) is 0. The SMILES string of the molecule is CCOc1cc(C2C3=C(CC(C)(C)CC3=O)OC3=C2C(=O)CC(C)(C)C3)ccc1OCc1ccc(F)cc1. The maximum absolute atomic E-state index is 13.5. The summed E-state index contributed by atoms with van der Waals surface area (Å²) in [6.07, 6.45) is 2.11. The van der Waals surface area contributed by atoms with Crippen LogP contribution in [-0.4, -0.2) is 18.2 Å². The Bertz CT molecular complexity index is 1290. The van der Waals surface area contributed by atoms with E-state index in [1.165, 1.54) is 12.1 Å². The lowest BCUT2D eigenvalue weighted by Crippen LogP contribution is -2.37. The molecule has 5 rings (SSSR count). The third-order valence-electron chi connectivity index (χ3n) is 7.49. The fraction of sp³-hybridized carbons (Fsp3) is 0.438. The fourth-order valence-electron chi connectivity index (χ4n) is 5.84. The van der Waals surface area contributed by atoms with Crippen molar-refractivity contribution in [3.05, 3.63) is 82.1 Å². The van der Waals surface area contributed by atoms with Gasteiger partial charge in [0.15, 0.2) is 23.1 Å². The van der Waals surface area contributed by atoms with Gasteiger partial charge in [-0.1, -0.05) is 45.9 Å². The van der Waals surface area contributed by atoms with E-state index in [2.05, 4.69) is 27.7 Å². The van der Waals surface area contributed by atoms with Crippen molar-refractivity contribution in [2.24, 2.45) is 10.8 Å². The summed E-state index contributed by atoms with van der Waals surface area (Å²) in [4.78, 5) is 27.1. The second-order valence-corrected chi connectivity index (χ2v) is 12.1. The first-order valence-corrected chi connectivity index (χ1v) is 13.3. The minimum Gasteiger partial charge on any atom is -0.490 e. The van der Waals surface area contributed by atoms with Gasteiger partial charge >= 0.3 is 0 Å². The Morgan fingerprint density at radius 2 is 1.39 bits per heavy atom. The van der Waals surface area contributed by atoms with Crippen LogP contribution in [0.4, 0.5) is 4.39 Å². The molecule has 5 nitrogen and oxygen atoms in total. The number of hydrogen-bond donors (Lipinski definition) is 0. The van der Waals surface area contributed by atoms with Crippen molar-refractivity contribution in [2.45, 2.75) is 72.8 Å². The van der Waals surface area contributed by atoms with Crippen LogP contribution >= 0.6 is 0 Å². The number of carbonyl (C=O) groups is 2. The van der Waals surface area contributed by atoms with Gasteiger partial charge in [-0.25, -0.2) is 4.39 Å². The first-order chi connectivity index (χ1) is 18.0. The van der Waals surface area contributed by atoms with Gasteiger partial charge in [0.05, 0.1) is 6.61 Å². The molecule has 200 valence electrons. The molecule has 0 saturated carbocycles. The van der Waals surface area contributed by atoms with Crippen molar-refractivity contribution in [3.63, 3.8) is 0 Å². The lowest BCUT2D eigenvalue weighted by atomic mass is 9.65. The van der Waals surface area contributed by atoms with Crippen LogP contribution in [0.2, 0.25) is 0 Å². The normalized spacial score (nSPS) is 20.6. The Labute approximate surface area is 223 Å². The number of carbonyl (C=O) groups excluding carboxylic acids is 2. The quantitative estimate of drug-likeness (QED) is 0.405. The molecule has 0 fully saturated rings. The Hall–Kier alpha value is -3.41. The minimum absolute atomic E-state index is 0.0278. The zero-order chi connectivity index (χ0) is 27.2. The summed E-state index contributed by atoms with van der Waals surface area (Å²) in [5.74, 6) is 1.72. The van der Waals surface area contributed by atoms with Crippen LogP contribution in [0.1, 0.15) is 77.3 Å². The van der Waals surface area contributed by atoms with Gasteiger partial charge in [-0.05, 0) is 53.1 Å². The fourth-order valence-corrected chi connectivity index (χ4v) is 5.84. The van der Waals surface area contributed by atoms with Crippen LogP contribution in [0.15, 0.2) is 65.1 Å². The van der Waals surface area contributed by atoms with Gasteiger partial charge in [0, 0.05) is 42.7 Å². The Morgan fingerprint density at radius 1 is 0.816 bits per heavy atom. The highest BCUT2D eigenvalue weighted by atomic mass is 19.1. The molecule has 2 aromatic rings. The molecular formula is C32H35FO5. The highest BCUT2D eigenvalue weighted by Crippen LogP contribution is 2.53. The number of allylic oxidation sites excluding steroid dienone is 4. The van der Waals surface area contributed by atoms with Gasteiger partial charge in [0.2, 0.25) is 0 Å². The molecule has 0 unspecified atom stereocenters. The molecule has 0 atom stereocenters. The molecule has 0 N–H and O–H groups in total. The molecule has 1 aliphatic heterocycles. The summed E-state index contributed by atoms with van der Waals surface area (Å²) >= 11 is 0. The van der Waals surface area contributed by atoms with E-state index < -0.39 is 5.92 Å². The van der Waals surface area contributed by atoms with E-state index in [0.717, 1.165) is 11.1 Å². The number of benzene rings is 2. The van der Waals surface area contributed by atoms with E-state index in [0.29, 0.717) is 66.5 Å². The van der Waals surface area contributed by atoms with Crippen LogP contribution in [-0.2, 0) is 20.9 Å². The van der Waals surface area contributed by atoms with Crippen molar-refractivity contribution in [1.82, 2.24) is 0 Å². The number of halogens is 1. The Morgan fingerprint density at radius 3 is 1.95 bits per heavy atom. The van der Waals surface area contributed by atoms with Crippen molar-refractivity contribution >= 4 is 11.6 Å². The molecular weight excluding hydrogens is 483 g/mol. The third kappa shape index (κ3) is 5.13. The molecule has 6 heteroatoms. The first kappa shape index (κ1) is 26.2. The smallest absolute Gasteiger partial charge is 0.163 e. The second kappa shape index (κ2) is 9.72. The summed E-state index contributed by atoms with van der Waals surface area (Å²) in [5, 5.41) is 0. The van der Waals surface area contributed by atoms with Crippen LogP contribution in [0.25, 0.3) is 0 Å². The molecule has 38 heavy (non-hydrogen) atoms. The van der Waals surface area contributed by atoms with Crippen molar-refractivity contribution < 1.29 is 28.2 Å². The third-order valence-corrected chi connectivity index (χ3v) is 7.49. The van der Waals surface area contributed by atoms with Gasteiger partial charge in [0.25, 0.3) is 0 Å². The van der Waals surface area contributed by atoms with Crippen LogP contribution < -0.4 is 9.47 Å². The summed E-state index contributed by atoms with van der Waals surface area (Å²) in [6, 6.07) is 11.8. The van der Waals surface area contributed by atoms with Crippen molar-refractivity contribution in [1.29, 1.82) is 0 Å². The molecule has 0 saturated heterocycles. The van der Waals surface area contributed by atoms with Crippen LogP contribution in [0.5, 0.6) is 11.5 Å². The monoisotopic (exact) mass is 518 g/mol. The summed E-state index contributed by atoms with van der Waals surface area (Å²) < 4.78 is 31.7. The number of Topliss-reactive ketones (excluding diaryl/α,β-unsaturated/α-hetero) is 2. The summed E-state index contributed by atoms with van der Waals surface area (Å²) in [6.45, 7) is 10.9. The van der Waals surface area contributed by atoms with Crippen LogP contribution in [0.3, 0.4) is 0 Å². The largest absolute Gasteiger partial charge is 0.490 e. The topological polar surface area (TPSA) is 61.8 Å². The van der Waals surface area contributed by atoms with E-state index >= 15 is 0 Å². The predicted molar refractivity (Wildman–Crippen MR) is 142 cm³/mol. The van der Waals surface area contributed by atoms with Gasteiger partial charge in [-0.15, -0.1) is 0 Å². The molecule has 0 bridgehead atoms. The van der Waals surface area contributed by atoms with Crippen molar-refractivity contribution in [2.75, 3.05) is 6.61 Å². The molecule has 1 heterocycles. The van der Waals surface area contributed by atoms with E-state index in [4.69, 9.17) is 14.2 Å². The highest BCUT2D eigenvalue weighted by Gasteiger charge is 2.47. The number of rotatable bonds is 6. The lowest BCUT2D eigenvalue weighted by Gasteiger charge is -2.42. The lowest BCUT2D eigenvalue weighted by molar-refractivity contribution is -0.120. The van der Waals surface area contributed by atoms with Gasteiger partial charge in [-0.3, -0.25) is 9.59 Å². The Balaban J connectivity index is 1.56. The van der Waals surface area contributed by atoms with Gasteiger partial charge < -0.3 is 14.2 Å². The zero-order valence-electron chi connectivity index (χ0n) is 22.8. The summed E-state index contributed by atoms with van der Waals surface area (Å²) in [5.41, 5.74) is 2.42. The van der Waals surface area contributed by atoms with Crippen LogP contribution in [0, 0.1) is 16.6 Å². The molecule has 0 aromatic heterocycles. The van der Waals surface area contributed by atoms with Gasteiger partial charge in [0.1, 0.15) is 23.9 Å². The number of ketones is 2. The van der Waals surface area contributed by atoms with E-state index in [-0.39, 0.29) is 34.8 Å². The van der Waals surface area contributed by atoms with E-state index in [1.807, 2.05) is 25.1 Å². The van der Waals surface area contributed by atoms with Crippen molar-refractivity contribution in [3.8, 4) is 11.5 Å². The average molecular weight is 519 g/mol. The van der Waals surface area contributed by atoms with Gasteiger partial charge in [-0.2, -0.15) is 0 Å². The Kier molecular flexibility index (Phi) is 6.70. The minimum atomic E-state index is -0.494. The zero-order valence-corrected chi connectivity index (χ0v) is 22.8. The predicted octanol–water partition coefficient (Wildman–Crippen LogP) is 7.20. The maximum atomic E-state index is 13.5. The molecule has 3 aliphatic rings. The average Bonchev–Trinajstić information content (AvgIpc) is 2.81. The molecule has 0 spiro atoms. The van der Waals surface area contributed by atoms with E-state index in [1.54, 1.807) is 12.1 Å². The number of ether oxygens (including phenoxy) is 3. The molecule has 0 amide bonds. The second-order valence-electron chi connectivity index (χ2n) is 12.1.